The number of anilines is 2. The first-order chi connectivity index (χ1) is 15.2. The molecule has 0 saturated heterocycles. The number of esters is 1. The van der Waals surface area contributed by atoms with Gasteiger partial charge in [-0.3, -0.25) is 4.68 Å². The smallest absolute Gasteiger partial charge is 0.416 e. The molecule has 0 saturated carbocycles. The molecule has 168 valence electrons. The fraction of sp³-hybridized carbons (Fsp3) is 0.333. The van der Waals surface area contributed by atoms with Crippen LogP contribution in [-0.4, -0.2) is 39.4 Å². The Bertz CT molecular complexity index is 1190. The fourth-order valence-corrected chi connectivity index (χ4v) is 3.66. The Morgan fingerprint density at radius 1 is 1.25 bits per heavy atom. The van der Waals surface area contributed by atoms with Crippen LogP contribution in [0.5, 0.6) is 5.75 Å². The minimum atomic E-state index is -4.53. The van der Waals surface area contributed by atoms with Crippen LogP contribution < -0.4 is 10.1 Å². The minimum absolute atomic E-state index is 0.0493. The highest BCUT2D eigenvalue weighted by Gasteiger charge is 2.32. The number of hydrogen-bond acceptors (Lipinski definition) is 7. The van der Waals surface area contributed by atoms with Crippen LogP contribution in [0.2, 0.25) is 0 Å². The number of aryl methyl sites for hydroxylation is 2. The molecule has 0 atom stereocenters. The van der Waals surface area contributed by atoms with Crippen LogP contribution in [0.3, 0.4) is 0 Å². The number of rotatable bonds is 5. The normalized spacial score (nSPS) is 12.7. The van der Waals surface area contributed by atoms with E-state index in [2.05, 4.69) is 20.4 Å². The highest BCUT2D eigenvalue weighted by Crippen LogP contribution is 2.36. The SMILES string of the molecule is CCOC(=O)c1nn(C)c2c1CCc1cnc(Nc3cc(OC)cc(C(F)(F)F)c3)nc1-2. The molecule has 2 heterocycles. The number of carbonyl (C=O) groups is 1. The molecular formula is C21H20F3N5O3. The number of carbonyl (C=O) groups excluding carboxylic acids is 1. The van der Waals surface area contributed by atoms with Crippen molar-refractivity contribution in [2.45, 2.75) is 25.9 Å². The molecule has 11 heteroatoms. The first-order valence-corrected chi connectivity index (χ1v) is 9.83. The molecule has 32 heavy (non-hydrogen) atoms. The molecule has 2 aromatic heterocycles. The van der Waals surface area contributed by atoms with Crippen molar-refractivity contribution in [1.82, 2.24) is 19.7 Å². The molecule has 1 aromatic carbocycles. The molecule has 0 fully saturated rings. The Kier molecular flexibility index (Phi) is 5.49. The summed E-state index contributed by atoms with van der Waals surface area (Å²) in [4.78, 5) is 21.0. The second kappa shape index (κ2) is 8.13. The molecular weight excluding hydrogens is 427 g/mol. The average Bonchev–Trinajstić information content (AvgIpc) is 3.10. The van der Waals surface area contributed by atoms with Crippen LogP contribution in [0.15, 0.2) is 24.4 Å². The summed E-state index contributed by atoms with van der Waals surface area (Å²) < 4.78 is 51.3. The van der Waals surface area contributed by atoms with E-state index in [1.807, 2.05) is 0 Å². The van der Waals surface area contributed by atoms with Gasteiger partial charge >= 0.3 is 12.1 Å². The highest BCUT2D eigenvalue weighted by molar-refractivity contribution is 5.91. The van der Waals surface area contributed by atoms with E-state index in [4.69, 9.17) is 9.47 Å². The summed E-state index contributed by atoms with van der Waals surface area (Å²) in [6.45, 7) is 1.95. The molecule has 0 aliphatic heterocycles. The monoisotopic (exact) mass is 447 g/mol. The largest absolute Gasteiger partial charge is 0.497 e. The molecule has 0 bridgehead atoms. The van der Waals surface area contributed by atoms with Crippen LogP contribution in [0, 0.1) is 0 Å². The molecule has 4 rings (SSSR count). The van der Waals surface area contributed by atoms with Gasteiger partial charge in [0.25, 0.3) is 0 Å². The van der Waals surface area contributed by atoms with Gasteiger partial charge in [0, 0.05) is 30.6 Å². The fourth-order valence-electron chi connectivity index (χ4n) is 3.66. The Morgan fingerprint density at radius 2 is 2.03 bits per heavy atom. The number of fused-ring (bicyclic) bond motifs is 3. The maximum Gasteiger partial charge on any atom is 0.416 e. The van der Waals surface area contributed by atoms with Crippen molar-refractivity contribution in [2.24, 2.45) is 7.05 Å². The van der Waals surface area contributed by atoms with E-state index in [0.717, 1.165) is 23.3 Å². The average molecular weight is 447 g/mol. The van der Waals surface area contributed by atoms with Crippen molar-refractivity contribution in [2.75, 3.05) is 19.0 Å². The lowest BCUT2D eigenvalue weighted by atomic mass is 9.93. The number of halogens is 3. The second-order valence-corrected chi connectivity index (χ2v) is 7.16. The summed E-state index contributed by atoms with van der Waals surface area (Å²) in [5.74, 6) is -0.346. The van der Waals surface area contributed by atoms with Crippen molar-refractivity contribution in [3.8, 4) is 17.1 Å². The standard InChI is InChI=1S/C21H20F3N5O3/c1-4-32-19(30)17-15-6-5-11-10-25-20(27-16(11)18(15)29(2)28-17)26-13-7-12(21(22,23)24)8-14(9-13)31-3/h7-10H,4-6H2,1-3H3,(H,25,26,27). The van der Waals surface area contributed by atoms with Crippen molar-refractivity contribution in [3.05, 3.63) is 46.8 Å². The second-order valence-electron chi connectivity index (χ2n) is 7.16. The maximum absolute atomic E-state index is 13.2. The van der Waals surface area contributed by atoms with Gasteiger partial charge in [0.1, 0.15) is 5.75 Å². The number of alkyl halides is 3. The van der Waals surface area contributed by atoms with E-state index in [9.17, 15) is 18.0 Å². The molecule has 0 unspecified atom stereocenters. The Hall–Kier alpha value is -3.63. The summed E-state index contributed by atoms with van der Waals surface area (Å²) in [6, 6.07) is 3.30. The number of methoxy groups -OCH3 is 1. The molecule has 0 radical (unpaired) electrons. The number of aromatic nitrogens is 4. The molecule has 1 aliphatic rings. The van der Waals surface area contributed by atoms with E-state index in [1.165, 1.54) is 13.2 Å². The summed E-state index contributed by atoms with van der Waals surface area (Å²) >= 11 is 0. The first kappa shape index (κ1) is 21.6. The number of benzene rings is 1. The van der Waals surface area contributed by atoms with Crippen LogP contribution in [0.4, 0.5) is 24.8 Å². The van der Waals surface area contributed by atoms with Gasteiger partial charge in [0.2, 0.25) is 5.95 Å². The molecule has 0 amide bonds. The van der Waals surface area contributed by atoms with Crippen LogP contribution in [0.1, 0.15) is 34.1 Å². The first-order valence-electron chi connectivity index (χ1n) is 9.83. The number of nitrogens with zero attached hydrogens (tertiary/aromatic N) is 4. The summed E-state index contributed by atoms with van der Waals surface area (Å²) in [5.41, 5.74) is 2.31. The summed E-state index contributed by atoms with van der Waals surface area (Å²) in [7, 11) is 2.99. The third-order valence-electron chi connectivity index (χ3n) is 5.07. The predicted molar refractivity (Wildman–Crippen MR) is 109 cm³/mol. The van der Waals surface area contributed by atoms with Gasteiger partial charge in [-0.2, -0.15) is 18.3 Å². The molecule has 8 nitrogen and oxygen atoms in total. The van der Waals surface area contributed by atoms with E-state index in [0.29, 0.717) is 24.2 Å². The maximum atomic E-state index is 13.2. The van der Waals surface area contributed by atoms with Gasteiger partial charge in [-0.1, -0.05) is 0 Å². The van der Waals surface area contributed by atoms with Gasteiger partial charge in [0.15, 0.2) is 5.69 Å². The van der Waals surface area contributed by atoms with Gasteiger partial charge < -0.3 is 14.8 Å². The van der Waals surface area contributed by atoms with Crippen molar-refractivity contribution in [1.29, 1.82) is 0 Å². The number of ether oxygens (including phenoxy) is 2. The van der Waals surface area contributed by atoms with Gasteiger partial charge in [-0.15, -0.1) is 0 Å². The Labute approximate surface area is 181 Å². The molecule has 3 aromatic rings. The number of hydrogen-bond donors (Lipinski definition) is 1. The van der Waals surface area contributed by atoms with E-state index in [1.54, 1.807) is 24.9 Å². The van der Waals surface area contributed by atoms with E-state index < -0.39 is 17.7 Å². The van der Waals surface area contributed by atoms with Crippen LogP contribution in [-0.2, 0) is 30.8 Å². The van der Waals surface area contributed by atoms with Crippen LogP contribution in [0.25, 0.3) is 11.4 Å². The zero-order chi connectivity index (χ0) is 23.0. The predicted octanol–water partition coefficient (Wildman–Crippen LogP) is 3.92. The summed E-state index contributed by atoms with van der Waals surface area (Å²) in [5, 5.41) is 7.12. The summed E-state index contributed by atoms with van der Waals surface area (Å²) in [6.07, 6.45) is -1.74. The zero-order valence-electron chi connectivity index (χ0n) is 17.6. The third kappa shape index (κ3) is 3.97. The Balaban J connectivity index is 1.72. The van der Waals surface area contributed by atoms with Crippen molar-refractivity contribution in [3.63, 3.8) is 0 Å². The Morgan fingerprint density at radius 3 is 2.72 bits per heavy atom. The van der Waals surface area contributed by atoms with Gasteiger partial charge in [-0.05, 0) is 37.5 Å². The van der Waals surface area contributed by atoms with Crippen molar-refractivity contribution >= 4 is 17.6 Å². The van der Waals surface area contributed by atoms with Gasteiger partial charge in [0.05, 0.1) is 30.7 Å². The molecule has 1 N–H and O–H groups in total. The zero-order valence-corrected chi connectivity index (χ0v) is 17.6. The lowest BCUT2D eigenvalue weighted by Crippen LogP contribution is -2.13. The quantitative estimate of drug-likeness (QED) is 0.593. The van der Waals surface area contributed by atoms with Gasteiger partial charge in [-0.25, -0.2) is 14.8 Å². The topological polar surface area (TPSA) is 91.2 Å². The molecule has 0 spiro atoms. The molecule has 1 aliphatic carbocycles. The minimum Gasteiger partial charge on any atom is -0.497 e. The lowest BCUT2D eigenvalue weighted by Gasteiger charge is -2.18. The van der Waals surface area contributed by atoms with E-state index in [-0.39, 0.29) is 29.7 Å². The van der Waals surface area contributed by atoms with E-state index >= 15 is 0 Å². The van der Waals surface area contributed by atoms with Crippen molar-refractivity contribution < 1.29 is 27.4 Å². The highest BCUT2D eigenvalue weighted by atomic mass is 19.4. The van der Waals surface area contributed by atoms with Crippen LogP contribution >= 0.6 is 0 Å². The lowest BCUT2D eigenvalue weighted by molar-refractivity contribution is -0.137. The number of nitrogens with one attached hydrogen (secondary N) is 1. The third-order valence-corrected chi connectivity index (χ3v) is 5.07.